The van der Waals surface area contributed by atoms with Crippen LogP contribution in [0.1, 0.15) is 36.4 Å². The molecule has 4 nitrogen and oxygen atoms in total. The number of β-amino-alcohol motifs (C(OH)–C–C–N with tert-alkyl or cyclic N) is 1. The van der Waals surface area contributed by atoms with Crippen LogP contribution in [0.4, 0.5) is 13.2 Å². The van der Waals surface area contributed by atoms with Crippen LogP contribution < -0.4 is 5.32 Å². The second-order valence-corrected chi connectivity index (χ2v) is 6.26. The number of rotatable bonds is 4. The van der Waals surface area contributed by atoms with Crippen molar-refractivity contribution in [3.63, 3.8) is 0 Å². The summed E-state index contributed by atoms with van der Waals surface area (Å²) < 4.78 is 39.6. The summed E-state index contributed by atoms with van der Waals surface area (Å²) in [7, 11) is 0. The molecule has 2 aliphatic rings. The summed E-state index contributed by atoms with van der Waals surface area (Å²) in [6, 6.07) is 4.98. The third kappa shape index (κ3) is 3.84. The van der Waals surface area contributed by atoms with Crippen molar-refractivity contribution >= 4 is 5.91 Å². The fourth-order valence-corrected chi connectivity index (χ4v) is 3.11. The van der Waals surface area contributed by atoms with Crippen LogP contribution in [0, 0.1) is 0 Å². The molecule has 0 aromatic heterocycles. The monoisotopic (exact) mass is 328 g/mol. The molecule has 3 rings (SSSR count). The normalized spacial score (nSPS) is 25.6. The Morgan fingerprint density at radius 3 is 2.65 bits per heavy atom. The summed E-state index contributed by atoms with van der Waals surface area (Å²) in [5, 5.41) is 12.7. The standard InChI is InChI=1S/C16H19F3N2O2/c17-16(18,19)13-4-2-1-3-12(13)14-7-11(22)8-21(14)9-15(23)20-10-5-6-10/h1-4,10-11,14,22H,5-9H2,(H,20,23)/t11-,14+/m0/s1. The highest BCUT2D eigenvalue weighted by molar-refractivity contribution is 5.78. The molecule has 2 N–H and O–H groups in total. The van der Waals surface area contributed by atoms with Gasteiger partial charge in [0.15, 0.2) is 0 Å². The van der Waals surface area contributed by atoms with Gasteiger partial charge in [-0.3, -0.25) is 9.69 Å². The fraction of sp³-hybridized carbons (Fsp3) is 0.562. The van der Waals surface area contributed by atoms with E-state index in [1.54, 1.807) is 11.0 Å². The number of halogens is 3. The van der Waals surface area contributed by atoms with Crippen LogP contribution in [0.5, 0.6) is 0 Å². The minimum absolute atomic E-state index is 0.00438. The van der Waals surface area contributed by atoms with Crippen molar-refractivity contribution in [2.75, 3.05) is 13.1 Å². The lowest BCUT2D eigenvalue weighted by molar-refractivity contribution is -0.138. The van der Waals surface area contributed by atoms with E-state index in [4.69, 9.17) is 0 Å². The minimum Gasteiger partial charge on any atom is -0.392 e. The van der Waals surface area contributed by atoms with Gasteiger partial charge in [0.05, 0.1) is 18.2 Å². The number of hydrogen-bond acceptors (Lipinski definition) is 3. The molecule has 23 heavy (non-hydrogen) atoms. The summed E-state index contributed by atoms with van der Waals surface area (Å²) in [4.78, 5) is 13.6. The second kappa shape index (κ2) is 6.13. The zero-order valence-electron chi connectivity index (χ0n) is 12.5. The number of carbonyl (C=O) groups is 1. The number of nitrogens with one attached hydrogen (secondary N) is 1. The topological polar surface area (TPSA) is 52.6 Å². The summed E-state index contributed by atoms with van der Waals surface area (Å²) >= 11 is 0. The van der Waals surface area contributed by atoms with Crippen molar-refractivity contribution in [2.45, 2.75) is 43.6 Å². The highest BCUT2D eigenvalue weighted by atomic mass is 19.4. The molecule has 1 aliphatic carbocycles. The molecule has 0 radical (unpaired) electrons. The molecular weight excluding hydrogens is 309 g/mol. The number of amides is 1. The molecule has 1 amide bonds. The molecule has 1 aliphatic heterocycles. The van der Waals surface area contributed by atoms with Gasteiger partial charge in [0.1, 0.15) is 0 Å². The first kappa shape index (κ1) is 16.3. The molecule has 1 heterocycles. The van der Waals surface area contributed by atoms with E-state index in [0.29, 0.717) is 0 Å². The number of aliphatic hydroxyl groups is 1. The summed E-state index contributed by atoms with van der Waals surface area (Å²) in [6.45, 7) is 0.208. The van der Waals surface area contributed by atoms with Crippen LogP contribution in [0.3, 0.4) is 0 Å². The quantitative estimate of drug-likeness (QED) is 0.890. The van der Waals surface area contributed by atoms with Crippen molar-refractivity contribution in [1.82, 2.24) is 10.2 Å². The summed E-state index contributed by atoms with van der Waals surface area (Å²) in [5.74, 6) is -0.198. The Morgan fingerprint density at radius 2 is 2.00 bits per heavy atom. The second-order valence-electron chi connectivity index (χ2n) is 6.26. The largest absolute Gasteiger partial charge is 0.416 e. The van der Waals surface area contributed by atoms with Gasteiger partial charge >= 0.3 is 6.18 Å². The molecule has 2 atom stereocenters. The number of carbonyl (C=O) groups excluding carboxylic acids is 1. The molecule has 1 aromatic carbocycles. The third-order valence-electron chi connectivity index (χ3n) is 4.30. The molecule has 0 unspecified atom stereocenters. The number of likely N-dealkylation sites (tertiary alicyclic amines) is 1. The smallest absolute Gasteiger partial charge is 0.392 e. The van der Waals surface area contributed by atoms with Gasteiger partial charge < -0.3 is 10.4 Å². The number of hydrogen-bond donors (Lipinski definition) is 2. The van der Waals surface area contributed by atoms with Crippen molar-refractivity contribution < 1.29 is 23.1 Å². The van der Waals surface area contributed by atoms with Crippen LogP contribution in [-0.4, -0.2) is 41.1 Å². The Bertz CT molecular complexity index is 587. The van der Waals surface area contributed by atoms with E-state index in [1.165, 1.54) is 12.1 Å². The van der Waals surface area contributed by atoms with Gasteiger partial charge in [-0.25, -0.2) is 0 Å². The molecule has 1 aromatic rings. The van der Waals surface area contributed by atoms with Crippen LogP contribution in [-0.2, 0) is 11.0 Å². The van der Waals surface area contributed by atoms with Gasteiger partial charge in [0.25, 0.3) is 0 Å². The van der Waals surface area contributed by atoms with Crippen LogP contribution in [0.15, 0.2) is 24.3 Å². The summed E-state index contributed by atoms with van der Waals surface area (Å²) in [5.41, 5.74) is -0.581. The van der Waals surface area contributed by atoms with Crippen molar-refractivity contribution in [1.29, 1.82) is 0 Å². The lowest BCUT2D eigenvalue weighted by Gasteiger charge is -2.26. The van der Waals surface area contributed by atoms with E-state index in [2.05, 4.69) is 5.32 Å². The average molecular weight is 328 g/mol. The maximum absolute atomic E-state index is 13.2. The van der Waals surface area contributed by atoms with E-state index in [-0.39, 0.29) is 37.0 Å². The van der Waals surface area contributed by atoms with Crippen LogP contribution >= 0.6 is 0 Å². The summed E-state index contributed by atoms with van der Waals surface area (Å²) in [6.07, 6.45) is -3.07. The van der Waals surface area contributed by atoms with Gasteiger partial charge in [0, 0.05) is 18.6 Å². The molecule has 1 saturated heterocycles. The lowest BCUT2D eigenvalue weighted by atomic mass is 9.97. The molecule has 0 bridgehead atoms. The Kier molecular flexibility index (Phi) is 4.33. The number of aliphatic hydroxyl groups excluding tert-OH is 1. The highest BCUT2D eigenvalue weighted by Gasteiger charge is 2.40. The molecular formula is C16H19F3N2O2. The maximum Gasteiger partial charge on any atom is 0.416 e. The predicted octanol–water partition coefficient (Wildman–Crippen LogP) is 2.09. The molecule has 2 fully saturated rings. The first-order valence-electron chi connectivity index (χ1n) is 7.72. The SMILES string of the molecule is O=C(CN1C[C@@H](O)C[C@@H]1c1ccccc1C(F)(F)F)NC1CC1. The van der Waals surface area contributed by atoms with E-state index in [1.807, 2.05) is 0 Å². The van der Waals surface area contributed by atoms with Gasteiger partial charge in [-0.15, -0.1) is 0 Å². The Hall–Kier alpha value is -1.60. The average Bonchev–Trinajstić information content (AvgIpc) is 3.20. The predicted molar refractivity (Wildman–Crippen MR) is 77.5 cm³/mol. The molecule has 0 spiro atoms. The van der Waals surface area contributed by atoms with E-state index in [9.17, 15) is 23.1 Å². The number of benzene rings is 1. The van der Waals surface area contributed by atoms with Gasteiger partial charge in [0.2, 0.25) is 5.91 Å². The van der Waals surface area contributed by atoms with Crippen LogP contribution in [0.2, 0.25) is 0 Å². The van der Waals surface area contributed by atoms with Gasteiger partial charge in [-0.1, -0.05) is 18.2 Å². The Morgan fingerprint density at radius 1 is 1.30 bits per heavy atom. The van der Waals surface area contributed by atoms with E-state index < -0.39 is 23.9 Å². The Labute approximate surface area is 132 Å². The first-order valence-corrected chi connectivity index (χ1v) is 7.72. The third-order valence-corrected chi connectivity index (χ3v) is 4.30. The highest BCUT2D eigenvalue weighted by Crippen LogP contribution is 2.40. The number of alkyl halides is 3. The molecule has 126 valence electrons. The minimum atomic E-state index is -4.45. The van der Waals surface area contributed by atoms with Gasteiger partial charge in [-0.05, 0) is 30.9 Å². The van der Waals surface area contributed by atoms with Gasteiger partial charge in [-0.2, -0.15) is 13.2 Å². The van der Waals surface area contributed by atoms with Crippen molar-refractivity contribution in [3.8, 4) is 0 Å². The number of nitrogens with zero attached hydrogens (tertiary/aromatic N) is 1. The van der Waals surface area contributed by atoms with E-state index in [0.717, 1.165) is 18.9 Å². The van der Waals surface area contributed by atoms with Crippen molar-refractivity contribution in [3.05, 3.63) is 35.4 Å². The first-order chi connectivity index (χ1) is 10.8. The zero-order valence-corrected chi connectivity index (χ0v) is 12.5. The lowest BCUT2D eigenvalue weighted by Crippen LogP contribution is -2.38. The fourth-order valence-electron chi connectivity index (χ4n) is 3.11. The maximum atomic E-state index is 13.2. The van der Waals surface area contributed by atoms with Crippen LogP contribution in [0.25, 0.3) is 0 Å². The molecule has 7 heteroatoms. The Balaban J connectivity index is 1.80. The zero-order chi connectivity index (χ0) is 16.6. The van der Waals surface area contributed by atoms with Crippen molar-refractivity contribution in [2.24, 2.45) is 0 Å². The molecule has 1 saturated carbocycles. The van der Waals surface area contributed by atoms with E-state index >= 15 is 0 Å².